The fourth-order valence-electron chi connectivity index (χ4n) is 4.64. The Bertz CT molecular complexity index is 1320. The summed E-state index contributed by atoms with van der Waals surface area (Å²) in [6, 6.07) is 14.1. The Labute approximate surface area is 212 Å². The third kappa shape index (κ3) is 5.93. The molecule has 1 aromatic heterocycles. The van der Waals surface area contributed by atoms with Crippen molar-refractivity contribution in [1.29, 1.82) is 0 Å². The van der Waals surface area contributed by atoms with Crippen molar-refractivity contribution in [2.75, 3.05) is 44.5 Å². The van der Waals surface area contributed by atoms with Gasteiger partial charge in [-0.2, -0.15) is 4.98 Å². The Morgan fingerprint density at radius 3 is 2.31 bits per heavy atom. The van der Waals surface area contributed by atoms with Crippen LogP contribution in [0.2, 0.25) is 0 Å². The second kappa shape index (κ2) is 11.2. The van der Waals surface area contributed by atoms with Crippen LogP contribution in [-0.4, -0.2) is 58.6 Å². The number of sulfonamides is 1. The van der Waals surface area contributed by atoms with Crippen molar-refractivity contribution in [2.24, 2.45) is 11.8 Å². The van der Waals surface area contributed by atoms with Gasteiger partial charge in [-0.1, -0.05) is 24.3 Å². The zero-order valence-corrected chi connectivity index (χ0v) is 21.7. The number of aromatic nitrogens is 2. The first-order chi connectivity index (χ1) is 17.3. The summed E-state index contributed by atoms with van der Waals surface area (Å²) in [6.07, 6.45) is 3.84. The Kier molecular flexibility index (Phi) is 8.05. The van der Waals surface area contributed by atoms with E-state index < -0.39 is 16.0 Å². The molecule has 1 aliphatic rings. The van der Waals surface area contributed by atoms with E-state index >= 15 is 0 Å². The van der Waals surface area contributed by atoms with Crippen LogP contribution < -0.4 is 14.9 Å². The molecular formula is C26H33N5O4S. The molecule has 192 valence electrons. The van der Waals surface area contributed by atoms with E-state index in [9.17, 15) is 13.2 Å². The van der Waals surface area contributed by atoms with Gasteiger partial charge >= 0.3 is 5.97 Å². The summed E-state index contributed by atoms with van der Waals surface area (Å²) >= 11 is 0. The van der Waals surface area contributed by atoms with Gasteiger partial charge in [0.1, 0.15) is 5.82 Å². The average Bonchev–Trinajstić information content (AvgIpc) is 2.90. The Morgan fingerprint density at radius 2 is 1.61 bits per heavy atom. The molecule has 0 saturated heterocycles. The number of benzene rings is 2. The average molecular weight is 512 g/mol. The van der Waals surface area contributed by atoms with E-state index in [-0.39, 0.29) is 16.4 Å². The molecule has 10 heteroatoms. The summed E-state index contributed by atoms with van der Waals surface area (Å²) in [5.74, 6) is 1.55. The van der Waals surface area contributed by atoms with Crippen molar-refractivity contribution in [1.82, 2.24) is 14.7 Å². The van der Waals surface area contributed by atoms with Crippen molar-refractivity contribution >= 4 is 38.7 Å². The first kappa shape index (κ1) is 25.8. The van der Waals surface area contributed by atoms with E-state index in [0.29, 0.717) is 18.4 Å². The zero-order valence-electron chi connectivity index (χ0n) is 20.9. The first-order valence-electron chi connectivity index (χ1n) is 12.1. The number of anilines is 2. The van der Waals surface area contributed by atoms with Crippen molar-refractivity contribution in [3.8, 4) is 0 Å². The summed E-state index contributed by atoms with van der Waals surface area (Å²) in [7, 11) is 1.37. The van der Waals surface area contributed by atoms with Gasteiger partial charge in [-0.05, 0) is 61.8 Å². The minimum atomic E-state index is -3.82. The molecule has 0 aliphatic heterocycles. The quantitative estimate of drug-likeness (QED) is 0.418. The fourth-order valence-corrected chi connectivity index (χ4v) is 5.95. The molecule has 0 amide bonds. The lowest BCUT2D eigenvalue weighted by Crippen LogP contribution is -2.33. The lowest BCUT2D eigenvalue weighted by Gasteiger charge is -2.29. The number of hydrogen-bond acceptors (Lipinski definition) is 8. The van der Waals surface area contributed by atoms with Gasteiger partial charge in [0.25, 0.3) is 0 Å². The summed E-state index contributed by atoms with van der Waals surface area (Å²) in [4.78, 5) is 23.3. The van der Waals surface area contributed by atoms with Gasteiger partial charge in [-0.15, -0.1) is 0 Å². The molecule has 9 nitrogen and oxygen atoms in total. The number of methoxy groups -OCH3 is 1. The molecule has 36 heavy (non-hydrogen) atoms. The van der Waals surface area contributed by atoms with Crippen LogP contribution in [0, 0.1) is 11.8 Å². The maximum Gasteiger partial charge on any atom is 0.339 e. The molecule has 0 spiro atoms. The van der Waals surface area contributed by atoms with Gasteiger partial charge in [-0.25, -0.2) is 22.9 Å². The van der Waals surface area contributed by atoms with Gasteiger partial charge in [0.05, 0.1) is 23.1 Å². The predicted octanol–water partition coefficient (Wildman–Crippen LogP) is 3.68. The smallest absolute Gasteiger partial charge is 0.339 e. The fraction of sp³-hybridized carbons (Fsp3) is 0.423. The maximum atomic E-state index is 12.9. The van der Waals surface area contributed by atoms with Crippen LogP contribution in [0.3, 0.4) is 0 Å². The summed E-state index contributed by atoms with van der Waals surface area (Å²) in [6.45, 7) is 1.12. The normalized spacial score (nSPS) is 18.1. The highest BCUT2D eigenvalue weighted by Crippen LogP contribution is 2.30. The van der Waals surface area contributed by atoms with E-state index in [2.05, 4.69) is 15.0 Å². The highest BCUT2D eigenvalue weighted by Gasteiger charge is 2.26. The lowest BCUT2D eigenvalue weighted by atomic mass is 9.82. The van der Waals surface area contributed by atoms with E-state index in [1.807, 2.05) is 43.3 Å². The number of hydrogen-bond donors (Lipinski definition) is 2. The molecule has 1 heterocycles. The molecule has 3 aromatic rings. The molecule has 1 fully saturated rings. The molecule has 0 radical (unpaired) electrons. The van der Waals surface area contributed by atoms with Crippen LogP contribution in [0.15, 0.2) is 53.4 Å². The number of carbonyl (C=O) groups is 1. The highest BCUT2D eigenvalue weighted by atomic mass is 32.2. The van der Waals surface area contributed by atoms with E-state index in [0.717, 1.165) is 48.9 Å². The van der Waals surface area contributed by atoms with Gasteiger partial charge in [-0.3, -0.25) is 0 Å². The van der Waals surface area contributed by atoms with Crippen LogP contribution in [0.1, 0.15) is 36.0 Å². The minimum Gasteiger partial charge on any atom is -0.465 e. The molecule has 1 aliphatic carbocycles. The van der Waals surface area contributed by atoms with Crippen molar-refractivity contribution in [3.63, 3.8) is 0 Å². The largest absolute Gasteiger partial charge is 0.465 e. The number of carbonyl (C=O) groups excluding carboxylic acids is 1. The first-order valence-corrected chi connectivity index (χ1v) is 13.6. The Morgan fingerprint density at radius 1 is 0.972 bits per heavy atom. The van der Waals surface area contributed by atoms with Crippen molar-refractivity contribution in [2.45, 2.75) is 30.6 Å². The molecule has 1 saturated carbocycles. The highest BCUT2D eigenvalue weighted by molar-refractivity contribution is 7.89. The zero-order chi connectivity index (χ0) is 25.7. The summed E-state index contributed by atoms with van der Waals surface area (Å²) in [5.41, 5.74) is 0.944. The second-order valence-corrected chi connectivity index (χ2v) is 11.1. The van der Waals surface area contributed by atoms with E-state index in [1.54, 1.807) is 12.1 Å². The van der Waals surface area contributed by atoms with Crippen LogP contribution >= 0.6 is 0 Å². The van der Waals surface area contributed by atoms with Gasteiger partial charge in [0, 0.05) is 32.6 Å². The van der Waals surface area contributed by atoms with Crippen molar-refractivity contribution < 1.29 is 17.9 Å². The molecule has 0 atom stereocenters. The molecule has 0 bridgehead atoms. The van der Waals surface area contributed by atoms with Gasteiger partial charge in [0.2, 0.25) is 16.0 Å². The number of esters is 1. The van der Waals surface area contributed by atoms with Gasteiger partial charge < -0.3 is 15.0 Å². The second-order valence-electron chi connectivity index (χ2n) is 9.39. The molecule has 2 N–H and O–H groups in total. The number of ether oxygens (including phenoxy) is 1. The van der Waals surface area contributed by atoms with Crippen molar-refractivity contribution in [3.05, 3.63) is 54.1 Å². The van der Waals surface area contributed by atoms with Gasteiger partial charge in [0.15, 0.2) is 0 Å². The minimum absolute atomic E-state index is 0.0376. The Balaban J connectivity index is 1.30. The Hall–Kier alpha value is -3.24. The SMILES string of the molecule is COC(=O)c1ccccc1S(=O)(=O)NCC1CCC(CNc2nc(N(C)C)c3ccccc3n2)CC1. The number of nitrogens with one attached hydrogen (secondary N) is 2. The monoisotopic (exact) mass is 511 g/mol. The summed E-state index contributed by atoms with van der Waals surface area (Å²) in [5, 5.41) is 4.43. The van der Waals surface area contributed by atoms with Crippen LogP contribution in [0.4, 0.5) is 11.8 Å². The van der Waals surface area contributed by atoms with E-state index in [1.165, 1.54) is 19.2 Å². The lowest BCUT2D eigenvalue weighted by molar-refractivity contribution is 0.0596. The van der Waals surface area contributed by atoms with E-state index in [4.69, 9.17) is 9.72 Å². The molecule has 4 rings (SSSR count). The maximum absolute atomic E-state index is 12.9. The standard InChI is InChI=1S/C26H33N5O4S/c1-31(2)24-20-8-4-6-10-22(20)29-26(30-24)27-16-18-12-14-19(15-13-18)17-28-36(33,34)23-11-7-5-9-21(23)25(32)35-3/h4-11,18-19,28H,12-17H2,1-3H3,(H,27,29,30). The van der Waals surface area contributed by atoms with Crippen LogP contribution in [0.25, 0.3) is 10.9 Å². The number of fused-ring (bicyclic) bond motifs is 1. The molecular weight excluding hydrogens is 478 g/mol. The molecule has 0 unspecified atom stereocenters. The number of para-hydroxylation sites is 1. The van der Waals surface area contributed by atoms with Crippen LogP contribution in [0.5, 0.6) is 0 Å². The third-order valence-electron chi connectivity index (χ3n) is 6.67. The van der Waals surface area contributed by atoms with Crippen LogP contribution in [-0.2, 0) is 14.8 Å². The summed E-state index contributed by atoms with van der Waals surface area (Å²) < 4.78 is 33.1. The third-order valence-corrected chi connectivity index (χ3v) is 8.15. The topological polar surface area (TPSA) is 114 Å². The number of rotatable bonds is 9. The molecule has 2 aromatic carbocycles. The predicted molar refractivity (Wildman–Crippen MR) is 141 cm³/mol. The number of nitrogens with zero attached hydrogens (tertiary/aromatic N) is 3.